The van der Waals surface area contributed by atoms with Crippen LogP contribution in [-0.4, -0.2) is 59.9 Å². The zero-order valence-electron chi connectivity index (χ0n) is 29.0. The van der Waals surface area contributed by atoms with Crippen molar-refractivity contribution in [2.45, 2.75) is 112 Å². The van der Waals surface area contributed by atoms with Crippen LogP contribution in [0.4, 0.5) is 0 Å². The summed E-state index contributed by atoms with van der Waals surface area (Å²) in [5, 5.41) is 0. The summed E-state index contributed by atoms with van der Waals surface area (Å²) in [6.07, 6.45) is 2.24. The molecule has 5 rings (SSSR count). The van der Waals surface area contributed by atoms with Crippen LogP contribution in [-0.2, 0) is 47.7 Å². The van der Waals surface area contributed by atoms with Gasteiger partial charge >= 0.3 is 29.8 Å². The van der Waals surface area contributed by atoms with E-state index in [1.54, 1.807) is 67.5 Å². The molecule has 10 nitrogen and oxygen atoms in total. The van der Waals surface area contributed by atoms with Crippen molar-refractivity contribution in [1.29, 1.82) is 0 Å². The van der Waals surface area contributed by atoms with Gasteiger partial charge in [0, 0.05) is 35.8 Å². The fraction of sp³-hybridized carbons (Fsp3) is 0.639. The van der Waals surface area contributed by atoms with Crippen molar-refractivity contribution in [2.75, 3.05) is 6.61 Å². The third-order valence-electron chi connectivity index (χ3n) is 12.3. The van der Waals surface area contributed by atoms with Crippen LogP contribution < -0.4 is 0 Å². The van der Waals surface area contributed by atoms with E-state index in [9.17, 15) is 24.0 Å². The number of hydrogen-bond acceptors (Lipinski definition) is 10. The molecule has 2 saturated carbocycles. The third kappa shape index (κ3) is 3.84. The van der Waals surface area contributed by atoms with Gasteiger partial charge < -0.3 is 23.7 Å². The van der Waals surface area contributed by atoms with E-state index in [-0.39, 0.29) is 19.4 Å². The molecule has 0 radical (unpaired) electrons. The van der Waals surface area contributed by atoms with Crippen LogP contribution in [0.5, 0.6) is 0 Å². The summed E-state index contributed by atoms with van der Waals surface area (Å²) < 4.78 is 30.5. The fourth-order valence-electron chi connectivity index (χ4n) is 9.19. The van der Waals surface area contributed by atoms with E-state index < -0.39 is 80.3 Å². The lowest BCUT2D eigenvalue weighted by Crippen LogP contribution is -2.73. The molecule has 0 aromatic rings. The molecule has 0 aromatic carbocycles. The Bertz CT molecular complexity index is 1500. The van der Waals surface area contributed by atoms with E-state index in [4.69, 9.17) is 23.7 Å². The lowest BCUT2D eigenvalue weighted by molar-refractivity contribution is -0.248. The molecule has 3 spiro atoms. The molecule has 2 saturated heterocycles. The van der Waals surface area contributed by atoms with E-state index in [0.717, 1.165) is 0 Å². The number of rotatable bonds is 4. The van der Waals surface area contributed by atoms with Gasteiger partial charge in [-0.15, -0.1) is 0 Å². The van der Waals surface area contributed by atoms with Crippen molar-refractivity contribution >= 4 is 29.8 Å². The number of ether oxygens (including phenoxy) is 5. The smallest absolute Gasteiger partial charge is 0.333 e. The molecule has 1 unspecified atom stereocenters. The van der Waals surface area contributed by atoms with Gasteiger partial charge in [-0.1, -0.05) is 51.7 Å². The Kier molecular flexibility index (Phi) is 8.16. The number of allylic oxidation sites excluding steroid dienone is 1. The van der Waals surface area contributed by atoms with Crippen LogP contribution in [0.15, 0.2) is 48.1 Å². The highest BCUT2D eigenvalue weighted by atomic mass is 16.6. The molecule has 2 bridgehead atoms. The molecule has 3 heterocycles. The fourth-order valence-corrected chi connectivity index (χ4v) is 9.19. The lowest BCUT2D eigenvalue weighted by atomic mass is 9.39. The van der Waals surface area contributed by atoms with E-state index in [1.807, 2.05) is 13.8 Å². The van der Waals surface area contributed by atoms with Crippen LogP contribution in [0.25, 0.3) is 0 Å². The first kappa shape index (κ1) is 35.2. The van der Waals surface area contributed by atoms with E-state index in [0.29, 0.717) is 16.7 Å². The highest BCUT2D eigenvalue weighted by Crippen LogP contribution is 2.84. The van der Waals surface area contributed by atoms with Gasteiger partial charge in [-0.05, 0) is 60.5 Å². The molecular weight excluding hydrogens is 592 g/mol. The highest BCUT2D eigenvalue weighted by molar-refractivity contribution is 5.95. The lowest BCUT2D eigenvalue weighted by Gasteiger charge is -2.67. The highest BCUT2D eigenvalue weighted by Gasteiger charge is 2.91. The predicted molar refractivity (Wildman–Crippen MR) is 168 cm³/mol. The van der Waals surface area contributed by atoms with Crippen LogP contribution in [0.2, 0.25) is 0 Å². The normalized spacial score (nSPS) is 41.9. The minimum Gasteiger partial charge on any atom is -0.464 e. The molecule has 0 aromatic heterocycles. The predicted octanol–water partition coefficient (Wildman–Crippen LogP) is 5.50. The maximum atomic E-state index is 14.5. The van der Waals surface area contributed by atoms with E-state index in [2.05, 4.69) is 13.2 Å². The van der Waals surface area contributed by atoms with Crippen molar-refractivity contribution in [3.05, 3.63) is 48.1 Å². The standard InChI is InChI=1S/C34H42O10.C2H6/c1-12-19(4)24(37)42-22-15-32(14-13-23(36)43-28(32,7)8)20(5)34-16-33(17-40-26(38)31(33,11)30(22,34)10)27(39)44-29(9,18(2)3)25(34)41-21(6)35;1-2/h12-14,22,25H,2,5,15-17H2,1,3-4,6-11H3;1-2H3/b19-12+;/t22-,25-,29+,30-,31+,32+,33+,34?;/m0./s1. The molecule has 10 heteroatoms. The van der Waals surface area contributed by atoms with Crippen molar-refractivity contribution < 1.29 is 47.7 Å². The average molecular weight is 641 g/mol. The number of carbonyl (C=O) groups excluding carboxylic acids is 5. The quantitative estimate of drug-likeness (QED) is 0.168. The Morgan fingerprint density at radius 3 is 2.11 bits per heavy atom. The third-order valence-corrected chi connectivity index (χ3v) is 12.3. The average Bonchev–Trinajstić information content (AvgIpc) is 3.32. The Morgan fingerprint density at radius 2 is 1.59 bits per heavy atom. The van der Waals surface area contributed by atoms with Gasteiger partial charge in [0.15, 0.2) is 11.7 Å². The van der Waals surface area contributed by atoms with Crippen molar-refractivity contribution in [3.63, 3.8) is 0 Å². The molecule has 46 heavy (non-hydrogen) atoms. The van der Waals surface area contributed by atoms with Gasteiger partial charge in [-0.2, -0.15) is 0 Å². The second-order valence-electron chi connectivity index (χ2n) is 14.2. The Labute approximate surface area is 271 Å². The largest absolute Gasteiger partial charge is 0.464 e. The van der Waals surface area contributed by atoms with Gasteiger partial charge in [-0.3, -0.25) is 14.4 Å². The molecule has 3 aliphatic heterocycles. The van der Waals surface area contributed by atoms with Crippen LogP contribution in [0.1, 0.15) is 89.0 Å². The molecule has 0 amide bonds. The first-order valence-electron chi connectivity index (χ1n) is 15.9. The monoisotopic (exact) mass is 640 g/mol. The Hall–Kier alpha value is -3.69. The SMILES string of the molecule is C=C(C)[C@@]1(C)OC(=O)[C@@]23COC(=O)[C@]2(C)[C@]2(C)[C@@H](OC(=O)/C(C)=C/C)C[C@]4(C=CC(=O)OC4(C)C)C(=C)C2(C3)[C@H]1OC(C)=O.CC. The van der Waals surface area contributed by atoms with Crippen LogP contribution in [0.3, 0.4) is 0 Å². The van der Waals surface area contributed by atoms with Crippen LogP contribution in [0, 0.1) is 27.1 Å². The van der Waals surface area contributed by atoms with Gasteiger partial charge in [0.1, 0.15) is 23.7 Å². The molecule has 4 fully saturated rings. The summed E-state index contributed by atoms with van der Waals surface area (Å²) >= 11 is 0. The Morgan fingerprint density at radius 1 is 0.978 bits per heavy atom. The first-order valence-corrected chi connectivity index (χ1v) is 15.9. The first-order chi connectivity index (χ1) is 21.2. The van der Waals surface area contributed by atoms with E-state index in [1.165, 1.54) is 13.0 Å². The molecule has 252 valence electrons. The van der Waals surface area contributed by atoms with Gasteiger partial charge in [0.05, 0.1) is 10.8 Å². The zero-order chi connectivity index (χ0) is 35.1. The number of cyclic esters (lactones) is 3. The molecular formula is C36H48O10. The second-order valence-corrected chi connectivity index (χ2v) is 14.2. The van der Waals surface area contributed by atoms with Gasteiger partial charge in [0.25, 0.3) is 0 Å². The number of esters is 5. The Balaban J connectivity index is 0.00000235. The van der Waals surface area contributed by atoms with Gasteiger partial charge in [-0.25, -0.2) is 9.59 Å². The minimum atomic E-state index is -1.62. The second kappa shape index (κ2) is 10.7. The maximum absolute atomic E-state index is 14.5. The van der Waals surface area contributed by atoms with Crippen LogP contribution >= 0.6 is 0 Å². The number of hydrogen-bond donors (Lipinski definition) is 0. The summed E-state index contributed by atoms with van der Waals surface area (Å²) in [4.78, 5) is 67.8. The van der Waals surface area contributed by atoms with Crippen molar-refractivity contribution in [2.24, 2.45) is 27.1 Å². The molecule has 5 aliphatic rings. The summed E-state index contributed by atoms with van der Waals surface area (Å²) in [6.45, 7) is 27.3. The van der Waals surface area contributed by atoms with Crippen molar-refractivity contribution in [1.82, 2.24) is 0 Å². The maximum Gasteiger partial charge on any atom is 0.333 e. The molecule has 0 N–H and O–H groups in total. The topological polar surface area (TPSA) is 132 Å². The summed E-state index contributed by atoms with van der Waals surface area (Å²) in [7, 11) is 0. The summed E-state index contributed by atoms with van der Waals surface area (Å²) in [5.74, 6) is -3.20. The zero-order valence-corrected chi connectivity index (χ0v) is 29.0. The van der Waals surface area contributed by atoms with Crippen molar-refractivity contribution in [3.8, 4) is 0 Å². The molecule has 8 atom stereocenters. The van der Waals surface area contributed by atoms with E-state index >= 15 is 0 Å². The number of fused-ring (bicyclic) bond motifs is 1. The molecule has 2 aliphatic carbocycles. The van der Waals surface area contributed by atoms with Gasteiger partial charge in [0.2, 0.25) is 0 Å². The summed E-state index contributed by atoms with van der Waals surface area (Å²) in [6, 6.07) is 0. The number of carbonyl (C=O) groups is 5. The minimum absolute atomic E-state index is 0.0498. The summed E-state index contributed by atoms with van der Waals surface area (Å²) in [5.41, 5.74) is -8.98.